The smallest absolute Gasteiger partial charge is 0.320 e. The van der Waals surface area contributed by atoms with Gasteiger partial charge in [0.05, 0.1) is 6.10 Å². The van der Waals surface area contributed by atoms with E-state index in [0.717, 1.165) is 0 Å². The number of aliphatic carboxylic acids is 1. The van der Waals surface area contributed by atoms with Crippen LogP contribution in [-0.2, 0) is 28.5 Å². The van der Waals surface area contributed by atoms with Gasteiger partial charge in [0.15, 0.2) is 12.1 Å². The van der Waals surface area contributed by atoms with Gasteiger partial charge in [-0.15, -0.1) is 0 Å². The van der Waals surface area contributed by atoms with E-state index in [2.05, 4.69) is 0 Å². The number of thioether (sulfide) groups is 1. The number of carbonyl (C=O) groups is 1. The van der Waals surface area contributed by atoms with Crippen molar-refractivity contribution >= 4 is 17.7 Å². The molecule has 8 nitrogen and oxygen atoms in total. The van der Waals surface area contributed by atoms with E-state index in [9.17, 15) is 4.79 Å². The maximum atomic E-state index is 10.7. The number of ether oxygens (including phenoxy) is 5. The van der Waals surface area contributed by atoms with Crippen LogP contribution in [0.5, 0.6) is 0 Å². The van der Waals surface area contributed by atoms with Crippen LogP contribution in [0.2, 0.25) is 0 Å². The predicted molar refractivity (Wildman–Crippen MR) is 83.0 cm³/mol. The molecule has 2 heterocycles. The highest BCUT2D eigenvalue weighted by molar-refractivity contribution is 7.99. The summed E-state index contributed by atoms with van der Waals surface area (Å²) in [5.74, 6) is -0.410. The molecular formula is C14H25NO7S. The largest absolute Gasteiger partial charge is 0.480 e. The minimum atomic E-state index is -0.984. The van der Waals surface area contributed by atoms with E-state index >= 15 is 0 Å². The van der Waals surface area contributed by atoms with Crippen molar-refractivity contribution in [1.82, 2.24) is 0 Å². The van der Waals surface area contributed by atoms with Gasteiger partial charge in [-0.1, -0.05) is 0 Å². The summed E-state index contributed by atoms with van der Waals surface area (Å²) < 4.78 is 28.1. The minimum Gasteiger partial charge on any atom is -0.480 e. The van der Waals surface area contributed by atoms with E-state index in [4.69, 9.17) is 34.5 Å². The van der Waals surface area contributed by atoms with Crippen LogP contribution in [0.4, 0.5) is 0 Å². The van der Waals surface area contributed by atoms with Crippen molar-refractivity contribution in [1.29, 1.82) is 0 Å². The van der Waals surface area contributed by atoms with Crippen LogP contribution in [0, 0.1) is 0 Å². The van der Waals surface area contributed by atoms with Crippen LogP contribution in [0.1, 0.15) is 20.3 Å². The molecule has 2 fully saturated rings. The van der Waals surface area contributed by atoms with Gasteiger partial charge < -0.3 is 34.5 Å². The summed E-state index contributed by atoms with van der Waals surface area (Å²) in [6.45, 7) is 3.81. The summed E-state index contributed by atoms with van der Waals surface area (Å²) in [7, 11) is 1.56. The summed E-state index contributed by atoms with van der Waals surface area (Å²) in [6.07, 6.45) is -0.848. The van der Waals surface area contributed by atoms with Crippen LogP contribution < -0.4 is 5.73 Å². The monoisotopic (exact) mass is 351 g/mol. The van der Waals surface area contributed by atoms with Gasteiger partial charge in [0.25, 0.3) is 0 Å². The SMILES string of the molecule is COCO[C@H]1[C@H]2OC(C)(C)O[C@H]2O[C@@H]1CSCCC(N)C(=O)O. The third-order valence-electron chi connectivity index (χ3n) is 3.64. The number of fused-ring (bicyclic) bond motifs is 1. The molecule has 2 aliphatic heterocycles. The summed E-state index contributed by atoms with van der Waals surface area (Å²) in [4.78, 5) is 10.7. The van der Waals surface area contributed by atoms with Crippen LogP contribution >= 0.6 is 11.8 Å². The molecule has 0 aromatic carbocycles. The molecule has 0 aliphatic carbocycles. The van der Waals surface area contributed by atoms with E-state index in [-0.39, 0.29) is 25.1 Å². The maximum absolute atomic E-state index is 10.7. The summed E-state index contributed by atoms with van der Waals surface area (Å²) >= 11 is 1.57. The van der Waals surface area contributed by atoms with E-state index in [1.165, 1.54) is 0 Å². The lowest BCUT2D eigenvalue weighted by Gasteiger charge is -2.25. The van der Waals surface area contributed by atoms with E-state index in [0.29, 0.717) is 17.9 Å². The summed E-state index contributed by atoms with van der Waals surface area (Å²) in [5, 5.41) is 8.76. The van der Waals surface area contributed by atoms with E-state index < -0.39 is 24.1 Å². The first kappa shape index (κ1) is 18.9. The highest BCUT2D eigenvalue weighted by Crippen LogP contribution is 2.39. The molecule has 3 N–H and O–H groups in total. The zero-order valence-electron chi connectivity index (χ0n) is 13.6. The van der Waals surface area contributed by atoms with Crippen LogP contribution in [-0.4, -0.2) is 72.9 Å². The zero-order chi connectivity index (χ0) is 17.0. The molecule has 2 saturated heterocycles. The molecule has 0 spiro atoms. The van der Waals surface area contributed by atoms with Crippen LogP contribution in [0.15, 0.2) is 0 Å². The Morgan fingerprint density at radius 1 is 1.43 bits per heavy atom. The summed E-state index contributed by atoms with van der Waals surface area (Å²) in [5.41, 5.74) is 5.48. The van der Waals surface area contributed by atoms with Gasteiger partial charge in [0.2, 0.25) is 0 Å². The molecule has 23 heavy (non-hydrogen) atoms. The highest BCUT2D eigenvalue weighted by Gasteiger charge is 2.55. The lowest BCUT2D eigenvalue weighted by atomic mass is 10.1. The molecule has 0 bridgehead atoms. The Labute approximate surface area is 139 Å². The van der Waals surface area contributed by atoms with Gasteiger partial charge in [-0.3, -0.25) is 4.79 Å². The molecule has 2 rings (SSSR count). The standard InChI is InChI=1S/C14H25NO7S/c1-14(2)21-11-10(19-7-18-3)9(20-13(11)22-14)6-23-5-4-8(15)12(16)17/h8-11,13H,4-7,15H2,1-3H3,(H,16,17)/t8?,9-,10-,11-,13-/m1/s1. The number of hydrogen-bond acceptors (Lipinski definition) is 8. The van der Waals surface area contributed by atoms with E-state index in [1.807, 2.05) is 13.8 Å². The Morgan fingerprint density at radius 3 is 2.83 bits per heavy atom. The fourth-order valence-electron chi connectivity index (χ4n) is 2.56. The quantitative estimate of drug-likeness (QED) is 0.450. The van der Waals surface area contributed by atoms with Gasteiger partial charge in [-0.2, -0.15) is 11.8 Å². The van der Waals surface area contributed by atoms with Gasteiger partial charge in [-0.05, 0) is 26.0 Å². The lowest BCUT2D eigenvalue weighted by Crippen LogP contribution is -2.38. The van der Waals surface area contributed by atoms with E-state index in [1.54, 1.807) is 18.9 Å². The molecule has 0 radical (unpaired) electrons. The van der Waals surface area contributed by atoms with Crippen molar-refractivity contribution in [3.8, 4) is 0 Å². The fraction of sp³-hybridized carbons (Fsp3) is 0.929. The van der Waals surface area contributed by atoms with Gasteiger partial charge in [0, 0.05) is 12.9 Å². The Morgan fingerprint density at radius 2 is 2.17 bits per heavy atom. The van der Waals surface area contributed by atoms with Crippen molar-refractivity contribution < 1.29 is 33.6 Å². The van der Waals surface area contributed by atoms with Gasteiger partial charge in [-0.25, -0.2) is 0 Å². The molecule has 9 heteroatoms. The number of hydrogen-bond donors (Lipinski definition) is 2. The van der Waals surface area contributed by atoms with Crippen LogP contribution in [0.3, 0.4) is 0 Å². The molecule has 2 aliphatic rings. The van der Waals surface area contributed by atoms with Crippen molar-refractivity contribution in [2.24, 2.45) is 5.73 Å². The molecule has 134 valence electrons. The van der Waals surface area contributed by atoms with Crippen molar-refractivity contribution in [2.45, 2.75) is 56.7 Å². The Balaban J connectivity index is 1.82. The average Bonchev–Trinajstić information content (AvgIpc) is 2.92. The molecule has 0 saturated carbocycles. The van der Waals surface area contributed by atoms with Gasteiger partial charge in [0.1, 0.15) is 25.0 Å². The van der Waals surface area contributed by atoms with Crippen LogP contribution in [0.25, 0.3) is 0 Å². The first-order valence-electron chi connectivity index (χ1n) is 7.52. The number of methoxy groups -OCH3 is 1. The zero-order valence-corrected chi connectivity index (χ0v) is 14.4. The number of carboxylic acids is 1. The van der Waals surface area contributed by atoms with Crippen molar-refractivity contribution in [3.63, 3.8) is 0 Å². The second kappa shape index (κ2) is 8.11. The van der Waals surface area contributed by atoms with Crippen molar-refractivity contribution in [2.75, 3.05) is 25.4 Å². The molecule has 5 atom stereocenters. The molecular weight excluding hydrogens is 326 g/mol. The predicted octanol–water partition coefficient (Wildman–Crippen LogP) is 0.387. The first-order chi connectivity index (χ1) is 10.8. The van der Waals surface area contributed by atoms with Crippen molar-refractivity contribution in [3.05, 3.63) is 0 Å². The average molecular weight is 351 g/mol. The maximum Gasteiger partial charge on any atom is 0.320 e. The Bertz CT molecular complexity index is 409. The fourth-order valence-corrected chi connectivity index (χ4v) is 3.65. The molecule has 0 amide bonds. The third-order valence-corrected chi connectivity index (χ3v) is 4.73. The second-order valence-corrected chi connectivity index (χ2v) is 7.14. The topological polar surface area (TPSA) is 109 Å². The number of nitrogens with two attached hydrogens (primary N) is 1. The molecule has 0 aromatic heterocycles. The third kappa shape index (κ3) is 5.02. The Kier molecular flexibility index (Phi) is 6.66. The number of rotatable bonds is 9. The first-order valence-corrected chi connectivity index (χ1v) is 8.67. The number of carboxylic acid groups (broad SMARTS) is 1. The second-order valence-electron chi connectivity index (χ2n) is 5.99. The molecule has 0 aromatic rings. The normalized spacial score (nSPS) is 33.6. The minimum absolute atomic E-state index is 0.145. The van der Waals surface area contributed by atoms with Gasteiger partial charge >= 0.3 is 5.97 Å². The molecule has 1 unspecified atom stereocenters. The Hall–Kier alpha value is -0.420. The summed E-state index contributed by atoms with van der Waals surface area (Å²) in [6, 6.07) is -0.834. The highest BCUT2D eigenvalue weighted by atomic mass is 32.2. The lowest BCUT2D eigenvalue weighted by molar-refractivity contribution is -0.220.